The molecule has 3 unspecified atom stereocenters. The first kappa shape index (κ1) is 21.6. The number of carboxylic acid groups (broad SMARTS) is 1. The van der Waals surface area contributed by atoms with Gasteiger partial charge >= 0.3 is 5.97 Å². The molecule has 166 valence electrons. The highest BCUT2D eigenvalue weighted by atomic mass is 35.5. The Morgan fingerprint density at radius 3 is 2.73 bits per heavy atom. The van der Waals surface area contributed by atoms with Crippen molar-refractivity contribution in [1.82, 2.24) is 5.32 Å². The highest BCUT2D eigenvalue weighted by Crippen LogP contribution is 2.45. The number of nitrogens with one attached hydrogen (secondary N) is 1. The van der Waals surface area contributed by atoms with E-state index in [1.54, 1.807) is 0 Å². The van der Waals surface area contributed by atoms with E-state index in [0.717, 1.165) is 37.3 Å². The van der Waals surface area contributed by atoms with Gasteiger partial charge in [0.1, 0.15) is 6.61 Å². The molecule has 3 aliphatic rings. The maximum absolute atomic E-state index is 11.3. The molecule has 30 heavy (non-hydrogen) atoms. The summed E-state index contributed by atoms with van der Waals surface area (Å²) >= 11 is 6.34. The van der Waals surface area contributed by atoms with Gasteiger partial charge < -0.3 is 25.6 Å². The van der Waals surface area contributed by atoms with Gasteiger partial charge in [0.05, 0.1) is 10.7 Å². The van der Waals surface area contributed by atoms with Crippen molar-refractivity contribution in [3.05, 3.63) is 16.7 Å². The summed E-state index contributed by atoms with van der Waals surface area (Å²) in [4.78, 5) is 11.3. The average molecular weight is 437 g/mol. The number of piperidine rings is 1. The third-order valence-electron chi connectivity index (χ3n) is 6.98. The first-order chi connectivity index (χ1) is 14.5. The normalized spacial score (nSPS) is 27.0. The van der Waals surface area contributed by atoms with E-state index in [1.807, 2.05) is 6.07 Å². The zero-order valence-corrected chi connectivity index (χ0v) is 18.3. The monoisotopic (exact) mass is 436 g/mol. The Morgan fingerprint density at radius 2 is 1.97 bits per heavy atom. The topological polar surface area (TPSA) is 93.8 Å². The van der Waals surface area contributed by atoms with Crippen LogP contribution in [0.1, 0.15) is 63.4 Å². The number of benzene rings is 1. The molecule has 0 spiro atoms. The Bertz CT molecular complexity index is 766. The van der Waals surface area contributed by atoms with Gasteiger partial charge in [0.15, 0.2) is 11.5 Å². The zero-order chi connectivity index (χ0) is 21.1. The summed E-state index contributed by atoms with van der Waals surface area (Å²) < 4.78 is 11.4. The van der Waals surface area contributed by atoms with E-state index < -0.39 is 12.1 Å². The van der Waals surface area contributed by atoms with Crippen LogP contribution in [0.2, 0.25) is 5.02 Å². The van der Waals surface area contributed by atoms with Gasteiger partial charge in [-0.3, -0.25) is 0 Å². The van der Waals surface area contributed by atoms with Crippen LogP contribution in [0.3, 0.4) is 0 Å². The number of fused-ring (bicyclic) bond motifs is 1. The fourth-order valence-electron chi connectivity index (χ4n) is 5.28. The summed E-state index contributed by atoms with van der Waals surface area (Å²) in [6, 6.07) is 2.43. The van der Waals surface area contributed by atoms with E-state index >= 15 is 0 Å². The molecule has 2 aliphatic heterocycles. The largest absolute Gasteiger partial charge is 0.485 e. The summed E-state index contributed by atoms with van der Waals surface area (Å²) in [5.41, 5.74) is 7.27. The quantitative estimate of drug-likeness (QED) is 0.571. The van der Waals surface area contributed by atoms with Crippen molar-refractivity contribution in [1.29, 1.82) is 0 Å². The van der Waals surface area contributed by atoms with E-state index in [1.165, 1.54) is 44.9 Å². The number of hydrogen-bond donors (Lipinski definition) is 3. The highest BCUT2D eigenvalue weighted by molar-refractivity contribution is 6.33. The molecule has 0 amide bonds. The molecule has 0 aromatic heterocycles. The van der Waals surface area contributed by atoms with Crippen LogP contribution < -0.4 is 20.5 Å². The number of anilines is 1. The Labute approximate surface area is 183 Å². The van der Waals surface area contributed by atoms with Gasteiger partial charge in [-0.15, -0.1) is 0 Å². The Kier molecular flexibility index (Phi) is 6.94. The number of hydrogen-bond acceptors (Lipinski definition) is 5. The summed E-state index contributed by atoms with van der Waals surface area (Å²) in [6.07, 6.45) is 11.6. The Hall–Kier alpha value is -1.66. The van der Waals surface area contributed by atoms with E-state index in [9.17, 15) is 9.90 Å². The van der Waals surface area contributed by atoms with Crippen LogP contribution in [-0.4, -0.2) is 36.4 Å². The standard InChI is InChI=1S/C23H33ClN2O4/c24-18-12-16(21-22(20(18)25)30-19(13-29-21)23(27)28)10-15-8-9-26-17(11-15)7-6-14-4-2-1-3-5-14/h12,14-15,17,19,26H,1-11,13,25H2,(H,27,28). The molecule has 1 aromatic carbocycles. The van der Waals surface area contributed by atoms with Crippen molar-refractivity contribution in [3.63, 3.8) is 0 Å². The third kappa shape index (κ3) is 4.97. The number of halogens is 1. The molecule has 1 saturated heterocycles. The van der Waals surface area contributed by atoms with Gasteiger partial charge in [-0.2, -0.15) is 0 Å². The second kappa shape index (κ2) is 9.65. The van der Waals surface area contributed by atoms with Gasteiger partial charge in [0.25, 0.3) is 0 Å². The Morgan fingerprint density at radius 1 is 1.17 bits per heavy atom. The first-order valence-electron chi connectivity index (χ1n) is 11.4. The van der Waals surface area contributed by atoms with Crippen LogP contribution in [-0.2, 0) is 11.2 Å². The van der Waals surface area contributed by atoms with Crippen molar-refractivity contribution < 1.29 is 19.4 Å². The first-order valence-corrected chi connectivity index (χ1v) is 11.8. The molecule has 3 atom stereocenters. The van der Waals surface area contributed by atoms with Crippen LogP contribution in [0.15, 0.2) is 6.07 Å². The third-order valence-corrected chi connectivity index (χ3v) is 7.29. The summed E-state index contributed by atoms with van der Waals surface area (Å²) in [5, 5.41) is 13.3. The van der Waals surface area contributed by atoms with Crippen molar-refractivity contribution in [3.8, 4) is 11.5 Å². The zero-order valence-electron chi connectivity index (χ0n) is 17.5. The predicted molar refractivity (Wildman–Crippen MR) is 117 cm³/mol. The summed E-state index contributed by atoms with van der Waals surface area (Å²) in [5.74, 6) is 1.22. The molecule has 2 heterocycles. The number of nitrogens with two attached hydrogens (primary N) is 1. The molecular formula is C23H33ClN2O4. The van der Waals surface area contributed by atoms with Crippen LogP contribution in [0, 0.1) is 11.8 Å². The fraction of sp³-hybridized carbons (Fsp3) is 0.696. The minimum atomic E-state index is -1.07. The molecule has 4 N–H and O–H groups in total. The molecule has 2 fully saturated rings. The highest BCUT2D eigenvalue weighted by Gasteiger charge is 2.32. The number of aliphatic carboxylic acids is 1. The molecule has 1 aromatic rings. The number of carboxylic acids is 1. The number of carbonyl (C=O) groups is 1. The molecule has 1 aliphatic carbocycles. The molecule has 7 heteroatoms. The second-order valence-electron chi connectivity index (χ2n) is 9.17. The molecule has 0 radical (unpaired) electrons. The lowest BCUT2D eigenvalue weighted by Gasteiger charge is -2.33. The molecule has 6 nitrogen and oxygen atoms in total. The maximum atomic E-state index is 11.3. The number of rotatable bonds is 6. The van der Waals surface area contributed by atoms with Crippen molar-refractivity contribution in [2.45, 2.75) is 76.4 Å². The lowest BCUT2D eigenvalue weighted by molar-refractivity contribution is -0.147. The number of nitrogen functional groups attached to an aromatic ring is 1. The lowest BCUT2D eigenvalue weighted by atomic mass is 9.81. The van der Waals surface area contributed by atoms with E-state index in [-0.39, 0.29) is 18.0 Å². The fourth-order valence-corrected chi connectivity index (χ4v) is 5.50. The van der Waals surface area contributed by atoms with Gasteiger partial charge in [0.2, 0.25) is 6.10 Å². The minimum Gasteiger partial charge on any atom is -0.485 e. The van der Waals surface area contributed by atoms with Crippen molar-refractivity contribution >= 4 is 23.3 Å². The second-order valence-corrected chi connectivity index (χ2v) is 9.58. The summed E-state index contributed by atoms with van der Waals surface area (Å²) in [6.45, 7) is 1.01. The maximum Gasteiger partial charge on any atom is 0.348 e. The minimum absolute atomic E-state index is 0.0212. The van der Waals surface area contributed by atoms with Gasteiger partial charge in [-0.25, -0.2) is 4.79 Å². The van der Waals surface area contributed by atoms with Gasteiger partial charge in [0, 0.05) is 6.04 Å². The van der Waals surface area contributed by atoms with E-state index in [2.05, 4.69) is 5.32 Å². The SMILES string of the molecule is Nc1c(Cl)cc(CC2CCNC(CCC3CCCCC3)C2)c2c1OC(C(=O)O)CO2. The molecule has 0 bridgehead atoms. The Balaban J connectivity index is 1.40. The van der Waals surface area contributed by atoms with Crippen molar-refractivity contribution in [2.75, 3.05) is 18.9 Å². The lowest BCUT2D eigenvalue weighted by Crippen LogP contribution is -2.39. The van der Waals surface area contributed by atoms with E-state index in [4.69, 9.17) is 26.8 Å². The summed E-state index contributed by atoms with van der Waals surface area (Å²) in [7, 11) is 0. The van der Waals surface area contributed by atoms with Crippen LogP contribution >= 0.6 is 11.6 Å². The molecule has 4 rings (SSSR count). The number of ether oxygens (including phenoxy) is 2. The smallest absolute Gasteiger partial charge is 0.348 e. The predicted octanol–water partition coefficient (Wildman–Crippen LogP) is 4.42. The van der Waals surface area contributed by atoms with Gasteiger partial charge in [-0.05, 0) is 62.1 Å². The van der Waals surface area contributed by atoms with E-state index in [0.29, 0.717) is 22.7 Å². The van der Waals surface area contributed by atoms with Crippen LogP contribution in [0.25, 0.3) is 0 Å². The van der Waals surface area contributed by atoms with Crippen LogP contribution in [0.5, 0.6) is 11.5 Å². The molecular weight excluding hydrogens is 404 g/mol. The van der Waals surface area contributed by atoms with Crippen LogP contribution in [0.4, 0.5) is 5.69 Å². The van der Waals surface area contributed by atoms with Crippen molar-refractivity contribution in [2.24, 2.45) is 11.8 Å². The molecule has 1 saturated carbocycles. The van der Waals surface area contributed by atoms with Gasteiger partial charge in [-0.1, -0.05) is 43.7 Å². The average Bonchev–Trinajstić information content (AvgIpc) is 2.76.